The van der Waals surface area contributed by atoms with Gasteiger partial charge in [-0.05, 0) is 37.1 Å². The molecule has 98 valence electrons. The van der Waals surface area contributed by atoms with Crippen molar-refractivity contribution in [3.05, 3.63) is 47.2 Å². The second-order valence-corrected chi connectivity index (χ2v) is 4.41. The van der Waals surface area contributed by atoms with Crippen LogP contribution in [0.5, 0.6) is 0 Å². The fourth-order valence-corrected chi connectivity index (χ4v) is 1.74. The molecule has 5 nitrogen and oxygen atoms in total. The second kappa shape index (κ2) is 4.97. The Morgan fingerprint density at radius 3 is 2.74 bits per heavy atom. The summed E-state index contributed by atoms with van der Waals surface area (Å²) in [6, 6.07) is 7.30. The second-order valence-electron chi connectivity index (χ2n) is 4.41. The van der Waals surface area contributed by atoms with Crippen LogP contribution in [0, 0.1) is 13.8 Å². The minimum Gasteiger partial charge on any atom is -0.478 e. The van der Waals surface area contributed by atoms with Crippen molar-refractivity contribution >= 4 is 23.2 Å². The molecule has 0 spiro atoms. The van der Waals surface area contributed by atoms with Crippen LogP contribution in [-0.2, 0) is 0 Å². The molecule has 1 aromatic carbocycles. The minimum atomic E-state index is -1.06. The average molecular weight is 257 g/mol. The first-order valence-corrected chi connectivity index (χ1v) is 5.80. The predicted octanol–water partition coefficient (Wildman–Crippen LogP) is 2.72. The highest BCUT2D eigenvalue weighted by Crippen LogP contribution is 2.24. The summed E-state index contributed by atoms with van der Waals surface area (Å²) in [5.74, 6) is -0.775. The molecule has 0 radical (unpaired) electrons. The molecule has 0 fully saturated rings. The van der Waals surface area contributed by atoms with E-state index in [1.807, 2.05) is 32.0 Å². The third-order valence-electron chi connectivity index (χ3n) is 2.79. The number of nitrogens with zero attached hydrogens (tertiary/aromatic N) is 1. The average Bonchev–Trinajstić information content (AvgIpc) is 2.35. The van der Waals surface area contributed by atoms with Crippen LogP contribution in [0.2, 0.25) is 0 Å². The lowest BCUT2D eigenvalue weighted by Gasteiger charge is -2.12. The number of aryl methyl sites for hydroxylation is 2. The summed E-state index contributed by atoms with van der Waals surface area (Å²) in [6.45, 7) is 3.92. The Bertz CT molecular complexity index is 639. The van der Waals surface area contributed by atoms with Gasteiger partial charge in [0.05, 0.1) is 11.9 Å². The lowest BCUT2D eigenvalue weighted by atomic mass is 10.1. The van der Waals surface area contributed by atoms with Gasteiger partial charge in [-0.15, -0.1) is 0 Å². The molecule has 0 saturated heterocycles. The number of aromatic nitrogens is 1. The van der Waals surface area contributed by atoms with E-state index in [0.717, 1.165) is 16.8 Å². The van der Waals surface area contributed by atoms with E-state index in [4.69, 9.17) is 10.8 Å². The summed E-state index contributed by atoms with van der Waals surface area (Å²) in [7, 11) is 0. The molecule has 0 atom stereocenters. The van der Waals surface area contributed by atoms with Crippen LogP contribution in [0.4, 0.5) is 17.2 Å². The monoisotopic (exact) mass is 257 g/mol. The summed E-state index contributed by atoms with van der Waals surface area (Å²) in [6.07, 6.45) is 1.43. The first-order chi connectivity index (χ1) is 8.97. The molecule has 0 aliphatic rings. The van der Waals surface area contributed by atoms with Crippen LogP contribution in [0.1, 0.15) is 21.5 Å². The maximum Gasteiger partial charge on any atom is 0.339 e. The number of carboxylic acids is 1. The lowest BCUT2D eigenvalue weighted by molar-refractivity contribution is 0.0697. The number of carbonyl (C=O) groups is 1. The summed E-state index contributed by atoms with van der Waals surface area (Å²) < 4.78 is 0. The van der Waals surface area contributed by atoms with Gasteiger partial charge in [-0.2, -0.15) is 0 Å². The molecular weight excluding hydrogens is 242 g/mol. The molecule has 2 aromatic rings. The molecule has 0 amide bonds. The Kier molecular flexibility index (Phi) is 3.37. The highest BCUT2D eigenvalue weighted by Gasteiger charge is 2.13. The number of hydrogen-bond acceptors (Lipinski definition) is 4. The zero-order chi connectivity index (χ0) is 14.0. The molecule has 2 rings (SSSR count). The zero-order valence-electron chi connectivity index (χ0n) is 10.8. The first kappa shape index (κ1) is 12.9. The van der Waals surface area contributed by atoms with Crippen molar-refractivity contribution in [1.29, 1.82) is 0 Å². The summed E-state index contributed by atoms with van der Waals surface area (Å²) in [5.41, 5.74) is 8.87. The number of nitrogens with one attached hydrogen (secondary N) is 1. The van der Waals surface area contributed by atoms with Gasteiger partial charge in [-0.1, -0.05) is 12.1 Å². The van der Waals surface area contributed by atoms with E-state index in [9.17, 15) is 4.79 Å². The molecule has 1 heterocycles. The molecule has 0 aliphatic carbocycles. The van der Waals surface area contributed by atoms with Crippen molar-refractivity contribution in [2.75, 3.05) is 11.1 Å². The molecule has 0 saturated carbocycles. The van der Waals surface area contributed by atoms with Gasteiger partial charge < -0.3 is 16.2 Å². The highest BCUT2D eigenvalue weighted by atomic mass is 16.4. The molecule has 4 N–H and O–H groups in total. The molecular formula is C14H15N3O2. The van der Waals surface area contributed by atoms with Gasteiger partial charge in [0, 0.05) is 5.69 Å². The third kappa shape index (κ3) is 2.82. The number of aromatic carboxylic acids is 1. The van der Waals surface area contributed by atoms with E-state index in [2.05, 4.69) is 10.3 Å². The van der Waals surface area contributed by atoms with Gasteiger partial charge in [0.2, 0.25) is 0 Å². The van der Waals surface area contributed by atoms with Gasteiger partial charge in [0.15, 0.2) is 0 Å². The Morgan fingerprint density at radius 2 is 2.05 bits per heavy atom. The predicted molar refractivity (Wildman–Crippen MR) is 74.8 cm³/mol. The van der Waals surface area contributed by atoms with Gasteiger partial charge in [-0.25, -0.2) is 9.78 Å². The molecule has 5 heteroatoms. The van der Waals surface area contributed by atoms with E-state index in [-0.39, 0.29) is 11.4 Å². The van der Waals surface area contributed by atoms with Crippen molar-refractivity contribution in [1.82, 2.24) is 4.98 Å². The third-order valence-corrected chi connectivity index (χ3v) is 2.79. The quantitative estimate of drug-likeness (QED) is 0.786. The van der Waals surface area contributed by atoms with Crippen molar-refractivity contribution in [3.63, 3.8) is 0 Å². The fourth-order valence-electron chi connectivity index (χ4n) is 1.74. The van der Waals surface area contributed by atoms with Crippen molar-refractivity contribution in [2.24, 2.45) is 0 Å². The van der Waals surface area contributed by atoms with Crippen LogP contribution in [0.25, 0.3) is 0 Å². The van der Waals surface area contributed by atoms with E-state index in [1.54, 1.807) is 0 Å². The van der Waals surface area contributed by atoms with Gasteiger partial charge in [0.25, 0.3) is 0 Å². The van der Waals surface area contributed by atoms with E-state index >= 15 is 0 Å². The molecule has 0 aliphatic heterocycles. The Labute approximate surface area is 111 Å². The number of pyridine rings is 1. The smallest absolute Gasteiger partial charge is 0.339 e. The van der Waals surface area contributed by atoms with Crippen LogP contribution in [0.3, 0.4) is 0 Å². The Hall–Kier alpha value is -2.56. The van der Waals surface area contributed by atoms with E-state index in [1.165, 1.54) is 12.3 Å². The van der Waals surface area contributed by atoms with Gasteiger partial charge >= 0.3 is 5.97 Å². The number of nitrogens with two attached hydrogens (primary N) is 1. The highest BCUT2D eigenvalue weighted by molar-refractivity contribution is 5.95. The summed E-state index contributed by atoms with van der Waals surface area (Å²) in [5, 5.41) is 12.2. The minimum absolute atomic E-state index is 0.0564. The fraction of sp³-hybridized carbons (Fsp3) is 0.143. The molecule has 0 bridgehead atoms. The standard InChI is InChI=1S/C14H15N3O2/c1-8-3-4-9(2)12(5-8)17-13-11(14(18)19)6-10(15)7-16-13/h3-7H,15H2,1-2H3,(H,16,17)(H,18,19). The number of hydrogen-bond donors (Lipinski definition) is 3. The normalized spacial score (nSPS) is 10.2. The van der Waals surface area contributed by atoms with Crippen molar-refractivity contribution < 1.29 is 9.90 Å². The lowest BCUT2D eigenvalue weighted by Crippen LogP contribution is -2.06. The molecule has 1 aromatic heterocycles. The maximum atomic E-state index is 11.2. The van der Waals surface area contributed by atoms with Crippen LogP contribution < -0.4 is 11.1 Å². The molecule has 19 heavy (non-hydrogen) atoms. The summed E-state index contributed by atoms with van der Waals surface area (Å²) in [4.78, 5) is 15.2. The SMILES string of the molecule is Cc1ccc(C)c(Nc2ncc(N)cc2C(=O)O)c1. The number of anilines is 3. The largest absolute Gasteiger partial charge is 0.478 e. The first-order valence-electron chi connectivity index (χ1n) is 5.80. The summed E-state index contributed by atoms with van der Waals surface area (Å²) >= 11 is 0. The van der Waals surface area contributed by atoms with Gasteiger partial charge in [-0.3, -0.25) is 0 Å². The Balaban J connectivity index is 2.43. The van der Waals surface area contributed by atoms with E-state index in [0.29, 0.717) is 5.69 Å². The number of nitrogen functional groups attached to an aromatic ring is 1. The van der Waals surface area contributed by atoms with Gasteiger partial charge in [0.1, 0.15) is 11.4 Å². The Morgan fingerprint density at radius 1 is 1.32 bits per heavy atom. The van der Waals surface area contributed by atoms with Crippen molar-refractivity contribution in [2.45, 2.75) is 13.8 Å². The zero-order valence-corrected chi connectivity index (χ0v) is 10.8. The van der Waals surface area contributed by atoms with Crippen LogP contribution >= 0.6 is 0 Å². The number of benzene rings is 1. The van der Waals surface area contributed by atoms with Crippen molar-refractivity contribution in [3.8, 4) is 0 Å². The number of carboxylic acid groups (broad SMARTS) is 1. The topological polar surface area (TPSA) is 88.2 Å². The number of rotatable bonds is 3. The maximum absolute atomic E-state index is 11.2. The van der Waals surface area contributed by atoms with E-state index < -0.39 is 5.97 Å². The van der Waals surface area contributed by atoms with Crippen LogP contribution in [-0.4, -0.2) is 16.1 Å². The molecule has 0 unspecified atom stereocenters. The van der Waals surface area contributed by atoms with Crippen LogP contribution in [0.15, 0.2) is 30.5 Å².